The van der Waals surface area contributed by atoms with E-state index in [0.717, 1.165) is 22.6 Å². The van der Waals surface area contributed by atoms with Crippen LogP contribution in [0.3, 0.4) is 0 Å². The largest absolute Gasteiger partial charge is 0.378 e. The molecule has 0 saturated carbocycles. The van der Waals surface area contributed by atoms with Gasteiger partial charge in [-0.05, 0) is 55.5 Å². The van der Waals surface area contributed by atoms with Crippen LogP contribution in [0.2, 0.25) is 0 Å². The summed E-state index contributed by atoms with van der Waals surface area (Å²) in [6.45, 7) is 1.99. The third-order valence-corrected chi connectivity index (χ3v) is 3.99. The second-order valence-electron chi connectivity index (χ2n) is 6.32. The van der Waals surface area contributed by atoms with Crippen molar-refractivity contribution in [2.75, 3.05) is 29.6 Å². The van der Waals surface area contributed by atoms with Gasteiger partial charge >= 0.3 is 0 Å². The molecule has 1 amide bonds. The van der Waals surface area contributed by atoms with Gasteiger partial charge in [0.15, 0.2) is 0 Å². The van der Waals surface area contributed by atoms with Gasteiger partial charge in [-0.15, -0.1) is 0 Å². The van der Waals surface area contributed by atoms with E-state index in [1.165, 1.54) is 0 Å². The number of carbonyl (C=O) groups is 1. The van der Waals surface area contributed by atoms with Gasteiger partial charge in [-0.1, -0.05) is 17.7 Å². The molecule has 0 aliphatic rings. The number of nitrogens with zero attached hydrogens (tertiary/aromatic N) is 2. The van der Waals surface area contributed by atoms with Crippen molar-refractivity contribution in [1.29, 1.82) is 0 Å². The number of anilines is 4. The summed E-state index contributed by atoms with van der Waals surface area (Å²) in [5, 5.41) is 6.10. The first-order chi connectivity index (χ1) is 12.5. The maximum Gasteiger partial charge on any atom is 0.256 e. The first-order valence-electron chi connectivity index (χ1n) is 8.40. The number of hydrogen-bond acceptors (Lipinski definition) is 4. The fraction of sp³-hybridized carbons (Fsp3) is 0.143. The standard InChI is InChI=1S/C21H22N4O/c1-15-4-6-16(7-5-15)21(26)24-20-13-10-18(14-22-20)23-17-8-11-19(12-9-17)25(2)3/h4-14,23H,1-3H3,(H,22,24,26). The minimum absolute atomic E-state index is 0.169. The Kier molecular flexibility index (Phi) is 5.17. The number of carbonyl (C=O) groups excluding carboxylic acids is 1. The zero-order chi connectivity index (χ0) is 18.5. The van der Waals surface area contributed by atoms with Gasteiger partial charge in [0.1, 0.15) is 5.82 Å². The molecule has 1 aromatic heterocycles. The molecule has 5 nitrogen and oxygen atoms in total. The summed E-state index contributed by atoms with van der Waals surface area (Å²) >= 11 is 0. The van der Waals surface area contributed by atoms with Crippen LogP contribution in [0.4, 0.5) is 22.9 Å². The van der Waals surface area contributed by atoms with E-state index >= 15 is 0 Å². The molecule has 0 fully saturated rings. The number of hydrogen-bond donors (Lipinski definition) is 2. The third kappa shape index (κ3) is 4.39. The molecule has 0 atom stereocenters. The second-order valence-corrected chi connectivity index (χ2v) is 6.32. The summed E-state index contributed by atoms with van der Waals surface area (Å²) < 4.78 is 0. The fourth-order valence-corrected chi connectivity index (χ4v) is 2.44. The number of rotatable bonds is 5. The molecule has 26 heavy (non-hydrogen) atoms. The normalized spacial score (nSPS) is 10.3. The molecule has 0 bridgehead atoms. The molecule has 2 aromatic carbocycles. The van der Waals surface area contributed by atoms with Gasteiger partial charge in [-0.3, -0.25) is 4.79 Å². The Morgan fingerprint density at radius 2 is 1.54 bits per heavy atom. The molecule has 0 unspecified atom stereocenters. The van der Waals surface area contributed by atoms with Gasteiger partial charge < -0.3 is 15.5 Å². The smallest absolute Gasteiger partial charge is 0.256 e. The van der Waals surface area contributed by atoms with Gasteiger partial charge in [0.25, 0.3) is 5.91 Å². The van der Waals surface area contributed by atoms with E-state index in [0.29, 0.717) is 11.4 Å². The second kappa shape index (κ2) is 7.70. The lowest BCUT2D eigenvalue weighted by Gasteiger charge is -2.13. The summed E-state index contributed by atoms with van der Waals surface area (Å²) in [6.07, 6.45) is 1.70. The maximum atomic E-state index is 12.2. The quantitative estimate of drug-likeness (QED) is 0.716. The van der Waals surface area contributed by atoms with Crippen molar-refractivity contribution in [3.8, 4) is 0 Å². The van der Waals surface area contributed by atoms with Gasteiger partial charge in [0, 0.05) is 31.0 Å². The van der Waals surface area contributed by atoms with Crippen LogP contribution >= 0.6 is 0 Å². The van der Waals surface area contributed by atoms with Gasteiger partial charge in [0.05, 0.1) is 11.9 Å². The Bertz CT molecular complexity index is 869. The van der Waals surface area contributed by atoms with Crippen LogP contribution in [-0.4, -0.2) is 25.0 Å². The van der Waals surface area contributed by atoms with Crippen molar-refractivity contribution < 1.29 is 4.79 Å². The molecule has 0 aliphatic heterocycles. The monoisotopic (exact) mass is 346 g/mol. The molecule has 132 valence electrons. The molecule has 3 aromatic rings. The minimum Gasteiger partial charge on any atom is -0.378 e. The summed E-state index contributed by atoms with van der Waals surface area (Å²) in [5.41, 5.74) is 4.71. The predicted octanol–water partition coefficient (Wildman–Crippen LogP) is 4.45. The average molecular weight is 346 g/mol. The number of amides is 1. The molecular weight excluding hydrogens is 324 g/mol. The van der Waals surface area contributed by atoms with E-state index in [2.05, 4.69) is 20.5 Å². The molecule has 1 heterocycles. The van der Waals surface area contributed by atoms with E-state index in [-0.39, 0.29) is 5.91 Å². The summed E-state index contributed by atoms with van der Waals surface area (Å²) in [5.74, 6) is 0.349. The zero-order valence-electron chi connectivity index (χ0n) is 15.2. The molecule has 0 radical (unpaired) electrons. The number of aromatic nitrogens is 1. The first-order valence-corrected chi connectivity index (χ1v) is 8.40. The van der Waals surface area contributed by atoms with Crippen LogP contribution in [0.15, 0.2) is 66.9 Å². The highest BCUT2D eigenvalue weighted by atomic mass is 16.1. The Labute approximate surface area is 153 Å². The van der Waals surface area contributed by atoms with Gasteiger partial charge in [-0.2, -0.15) is 0 Å². The Balaban J connectivity index is 1.62. The Morgan fingerprint density at radius 1 is 0.885 bits per heavy atom. The highest BCUT2D eigenvalue weighted by Crippen LogP contribution is 2.20. The SMILES string of the molecule is Cc1ccc(C(=O)Nc2ccc(Nc3ccc(N(C)C)cc3)cn2)cc1. The van der Waals surface area contributed by atoms with E-state index in [1.54, 1.807) is 24.4 Å². The number of benzene rings is 2. The van der Waals surface area contributed by atoms with Crippen LogP contribution in [-0.2, 0) is 0 Å². The zero-order valence-corrected chi connectivity index (χ0v) is 15.2. The lowest BCUT2D eigenvalue weighted by molar-refractivity contribution is 0.102. The lowest BCUT2D eigenvalue weighted by atomic mass is 10.1. The highest BCUT2D eigenvalue weighted by Gasteiger charge is 2.06. The summed E-state index contributed by atoms with van der Waals surface area (Å²) in [7, 11) is 4.02. The van der Waals surface area contributed by atoms with Crippen LogP contribution in [0.1, 0.15) is 15.9 Å². The fourth-order valence-electron chi connectivity index (χ4n) is 2.44. The van der Waals surface area contributed by atoms with Crippen LogP contribution in [0, 0.1) is 6.92 Å². The summed E-state index contributed by atoms with van der Waals surface area (Å²) in [4.78, 5) is 18.6. The maximum absolute atomic E-state index is 12.2. The Hall–Kier alpha value is -3.34. The number of aryl methyl sites for hydroxylation is 1. The molecule has 0 spiro atoms. The summed E-state index contributed by atoms with van der Waals surface area (Å²) in [6, 6.07) is 19.2. The van der Waals surface area contributed by atoms with E-state index in [9.17, 15) is 4.79 Å². The molecule has 3 rings (SSSR count). The number of nitrogens with one attached hydrogen (secondary N) is 2. The van der Waals surface area contributed by atoms with Crippen molar-refractivity contribution >= 4 is 28.8 Å². The van der Waals surface area contributed by atoms with Crippen molar-refractivity contribution in [2.24, 2.45) is 0 Å². The Morgan fingerprint density at radius 3 is 2.12 bits per heavy atom. The molecule has 2 N–H and O–H groups in total. The third-order valence-electron chi connectivity index (χ3n) is 3.99. The molecular formula is C21H22N4O. The minimum atomic E-state index is -0.169. The van der Waals surface area contributed by atoms with Crippen molar-refractivity contribution in [2.45, 2.75) is 6.92 Å². The first kappa shape index (κ1) is 17.5. The van der Waals surface area contributed by atoms with Crippen molar-refractivity contribution in [3.63, 3.8) is 0 Å². The highest BCUT2D eigenvalue weighted by molar-refractivity contribution is 6.03. The van der Waals surface area contributed by atoms with E-state index in [4.69, 9.17) is 0 Å². The van der Waals surface area contributed by atoms with E-state index in [1.807, 2.05) is 63.5 Å². The average Bonchev–Trinajstić information content (AvgIpc) is 2.64. The number of pyridine rings is 1. The van der Waals surface area contributed by atoms with Crippen LogP contribution in [0.5, 0.6) is 0 Å². The van der Waals surface area contributed by atoms with Crippen molar-refractivity contribution in [3.05, 3.63) is 78.0 Å². The van der Waals surface area contributed by atoms with Crippen molar-refractivity contribution in [1.82, 2.24) is 4.98 Å². The van der Waals surface area contributed by atoms with Gasteiger partial charge in [-0.25, -0.2) is 4.98 Å². The lowest BCUT2D eigenvalue weighted by Crippen LogP contribution is -2.12. The van der Waals surface area contributed by atoms with E-state index < -0.39 is 0 Å². The topological polar surface area (TPSA) is 57.3 Å². The molecule has 0 saturated heterocycles. The van der Waals surface area contributed by atoms with Crippen LogP contribution in [0.25, 0.3) is 0 Å². The van der Waals surface area contributed by atoms with Crippen LogP contribution < -0.4 is 15.5 Å². The molecule has 5 heteroatoms. The predicted molar refractivity (Wildman–Crippen MR) is 107 cm³/mol. The van der Waals surface area contributed by atoms with Gasteiger partial charge in [0.2, 0.25) is 0 Å². The molecule has 0 aliphatic carbocycles.